The molecule has 0 saturated heterocycles. The van der Waals surface area contributed by atoms with Crippen LogP contribution in [0.5, 0.6) is 5.75 Å². The Balaban J connectivity index is 1.69. The van der Waals surface area contributed by atoms with Crippen molar-refractivity contribution in [1.29, 1.82) is 0 Å². The van der Waals surface area contributed by atoms with Crippen molar-refractivity contribution in [2.24, 2.45) is 0 Å². The molecule has 2 heterocycles. The average molecular weight is 387 g/mol. The molecule has 0 saturated carbocycles. The first kappa shape index (κ1) is 18.7. The lowest BCUT2D eigenvalue weighted by atomic mass is 10.0. The van der Waals surface area contributed by atoms with Crippen LogP contribution in [-0.2, 0) is 13.1 Å². The van der Waals surface area contributed by atoms with Crippen LogP contribution in [0.2, 0.25) is 0 Å². The van der Waals surface area contributed by atoms with E-state index in [9.17, 15) is 9.59 Å². The maximum absolute atomic E-state index is 13.0. The van der Waals surface area contributed by atoms with Gasteiger partial charge in [0.1, 0.15) is 5.75 Å². The van der Waals surface area contributed by atoms with E-state index in [2.05, 4.69) is 10.3 Å². The van der Waals surface area contributed by atoms with Gasteiger partial charge >= 0.3 is 0 Å². The minimum Gasteiger partial charge on any atom is -0.497 e. The first-order chi connectivity index (χ1) is 14.1. The smallest absolute Gasteiger partial charge is 0.258 e. The third kappa shape index (κ3) is 3.45. The molecule has 146 valence electrons. The highest BCUT2D eigenvalue weighted by Gasteiger charge is 2.13. The SMILES string of the molecule is CCn1c(=O)c2cc(C(=O)NCc3cccc(OC)c3)ccc2c2ccncc21. The van der Waals surface area contributed by atoms with Gasteiger partial charge < -0.3 is 14.6 Å². The molecule has 0 atom stereocenters. The fourth-order valence-electron chi connectivity index (χ4n) is 3.56. The van der Waals surface area contributed by atoms with Crippen molar-refractivity contribution in [1.82, 2.24) is 14.9 Å². The second-order valence-electron chi connectivity index (χ2n) is 6.74. The summed E-state index contributed by atoms with van der Waals surface area (Å²) in [5, 5.41) is 5.20. The average Bonchev–Trinajstić information content (AvgIpc) is 2.77. The summed E-state index contributed by atoms with van der Waals surface area (Å²) in [6.45, 7) is 2.82. The zero-order valence-electron chi connectivity index (χ0n) is 16.3. The van der Waals surface area contributed by atoms with Crippen LogP contribution < -0.4 is 15.6 Å². The van der Waals surface area contributed by atoms with Crippen molar-refractivity contribution in [3.05, 3.63) is 82.4 Å². The van der Waals surface area contributed by atoms with Gasteiger partial charge in [0.05, 0.1) is 18.8 Å². The number of nitrogens with zero attached hydrogens (tertiary/aromatic N) is 2. The van der Waals surface area contributed by atoms with E-state index >= 15 is 0 Å². The highest BCUT2D eigenvalue weighted by atomic mass is 16.5. The number of aryl methyl sites for hydroxylation is 1. The van der Waals surface area contributed by atoms with Gasteiger partial charge in [0.25, 0.3) is 11.5 Å². The highest BCUT2D eigenvalue weighted by molar-refractivity contribution is 6.08. The maximum Gasteiger partial charge on any atom is 0.258 e. The van der Waals surface area contributed by atoms with Gasteiger partial charge in [0.15, 0.2) is 0 Å². The summed E-state index contributed by atoms with van der Waals surface area (Å²) in [5.41, 5.74) is 2.06. The summed E-state index contributed by atoms with van der Waals surface area (Å²) in [4.78, 5) is 29.8. The Hall–Kier alpha value is -3.67. The second-order valence-corrected chi connectivity index (χ2v) is 6.74. The molecule has 0 aliphatic rings. The number of fused-ring (bicyclic) bond motifs is 3. The molecule has 6 heteroatoms. The first-order valence-corrected chi connectivity index (χ1v) is 9.43. The third-order valence-electron chi connectivity index (χ3n) is 5.04. The van der Waals surface area contributed by atoms with Gasteiger partial charge in [-0.1, -0.05) is 18.2 Å². The number of amides is 1. The van der Waals surface area contributed by atoms with Gasteiger partial charge in [-0.15, -0.1) is 0 Å². The lowest BCUT2D eigenvalue weighted by molar-refractivity contribution is 0.0951. The minimum atomic E-state index is -0.230. The summed E-state index contributed by atoms with van der Waals surface area (Å²) in [7, 11) is 1.61. The Labute approximate surface area is 167 Å². The molecule has 0 unspecified atom stereocenters. The Kier molecular flexibility index (Phi) is 4.99. The van der Waals surface area contributed by atoms with Gasteiger partial charge in [0.2, 0.25) is 0 Å². The lowest BCUT2D eigenvalue weighted by Gasteiger charge is -2.12. The molecule has 1 N–H and O–H groups in total. The first-order valence-electron chi connectivity index (χ1n) is 9.43. The predicted molar refractivity (Wildman–Crippen MR) is 113 cm³/mol. The Morgan fingerprint density at radius 3 is 2.76 bits per heavy atom. The molecule has 6 nitrogen and oxygen atoms in total. The number of carbonyl (C=O) groups excluding carboxylic acids is 1. The zero-order valence-corrected chi connectivity index (χ0v) is 16.3. The van der Waals surface area contributed by atoms with Gasteiger partial charge in [-0.3, -0.25) is 14.6 Å². The topological polar surface area (TPSA) is 73.2 Å². The minimum absolute atomic E-state index is 0.120. The second kappa shape index (κ2) is 7.75. The highest BCUT2D eigenvalue weighted by Crippen LogP contribution is 2.23. The van der Waals surface area contributed by atoms with Gasteiger partial charge in [-0.25, -0.2) is 0 Å². The van der Waals surface area contributed by atoms with Gasteiger partial charge in [-0.05, 0) is 48.2 Å². The summed E-state index contributed by atoms with van der Waals surface area (Å²) in [5.74, 6) is 0.510. The molecule has 0 aliphatic carbocycles. The third-order valence-corrected chi connectivity index (χ3v) is 5.04. The van der Waals surface area contributed by atoms with Crippen LogP contribution >= 0.6 is 0 Å². The van der Waals surface area contributed by atoms with Crippen molar-refractivity contribution < 1.29 is 9.53 Å². The quantitative estimate of drug-likeness (QED) is 0.532. The van der Waals surface area contributed by atoms with Crippen molar-refractivity contribution in [2.45, 2.75) is 20.0 Å². The molecule has 4 aromatic rings. The van der Waals surface area contributed by atoms with E-state index in [1.54, 1.807) is 36.2 Å². The maximum atomic E-state index is 13.0. The zero-order chi connectivity index (χ0) is 20.4. The normalized spacial score (nSPS) is 11.0. The van der Waals surface area contributed by atoms with E-state index in [1.807, 2.05) is 43.3 Å². The van der Waals surface area contributed by atoms with E-state index < -0.39 is 0 Å². The molecule has 0 aliphatic heterocycles. The van der Waals surface area contributed by atoms with Gasteiger partial charge in [0, 0.05) is 35.6 Å². The van der Waals surface area contributed by atoms with E-state index in [4.69, 9.17) is 4.74 Å². The van der Waals surface area contributed by atoms with E-state index in [1.165, 1.54) is 0 Å². The number of hydrogen-bond acceptors (Lipinski definition) is 4. The molecule has 2 aromatic heterocycles. The number of carbonyl (C=O) groups is 1. The van der Waals surface area contributed by atoms with Crippen LogP contribution in [-0.4, -0.2) is 22.6 Å². The van der Waals surface area contributed by atoms with E-state index in [-0.39, 0.29) is 11.5 Å². The number of methoxy groups -OCH3 is 1. The Morgan fingerprint density at radius 1 is 1.10 bits per heavy atom. The van der Waals surface area contributed by atoms with Crippen molar-refractivity contribution >= 4 is 27.6 Å². The Bertz CT molecular complexity index is 1280. The molecule has 29 heavy (non-hydrogen) atoms. The van der Waals surface area contributed by atoms with Crippen molar-refractivity contribution in [3.63, 3.8) is 0 Å². The number of aromatic nitrogens is 2. The molecule has 0 bridgehead atoms. The van der Waals surface area contributed by atoms with Crippen molar-refractivity contribution in [2.75, 3.05) is 7.11 Å². The van der Waals surface area contributed by atoms with Crippen LogP contribution in [0, 0.1) is 0 Å². The Morgan fingerprint density at radius 2 is 1.97 bits per heavy atom. The summed E-state index contributed by atoms with van der Waals surface area (Å²) in [6.07, 6.45) is 3.41. The van der Waals surface area contributed by atoms with Gasteiger partial charge in [-0.2, -0.15) is 0 Å². The monoisotopic (exact) mass is 387 g/mol. The van der Waals surface area contributed by atoms with Crippen molar-refractivity contribution in [3.8, 4) is 5.75 Å². The van der Waals surface area contributed by atoms with Crippen LogP contribution in [0.1, 0.15) is 22.8 Å². The van der Waals surface area contributed by atoms with Crippen LogP contribution in [0.15, 0.2) is 65.7 Å². The predicted octanol–water partition coefficient (Wildman–Crippen LogP) is 3.51. The largest absolute Gasteiger partial charge is 0.497 e. The summed E-state index contributed by atoms with van der Waals surface area (Å²) in [6, 6.07) is 14.7. The fourth-order valence-corrected chi connectivity index (χ4v) is 3.56. The summed E-state index contributed by atoms with van der Waals surface area (Å²) < 4.78 is 6.89. The number of pyridine rings is 2. The molecular formula is C23H21N3O3. The standard InChI is InChI=1S/C23H21N3O3/c1-3-26-21-14-24-10-9-19(21)18-8-7-16(12-20(18)23(26)28)22(27)25-13-15-5-4-6-17(11-15)29-2/h4-12,14H,3,13H2,1-2H3,(H,25,27). The molecular weight excluding hydrogens is 366 g/mol. The number of rotatable bonds is 5. The number of benzene rings is 2. The molecule has 1 amide bonds. The molecule has 2 aromatic carbocycles. The van der Waals surface area contributed by atoms with E-state index in [0.717, 1.165) is 27.6 Å². The lowest BCUT2D eigenvalue weighted by Crippen LogP contribution is -2.24. The van der Waals surface area contributed by atoms with Crippen LogP contribution in [0.4, 0.5) is 0 Å². The number of hydrogen-bond donors (Lipinski definition) is 1. The summed E-state index contributed by atoms with van der Waals surface area (Å²) >= 11 is 0. The molecule has 4 rings (SSSR count). The van der Waals surface area contributed by atoms with E-state index in [0.29, 0.717) is 24.0 Å². The number of ether oxygens (including phenoxy) is 1. The molecule has 0 radical (unpaired) electrons. The van der Waals surface area contributed by atoms with Crippen LogP contribution in [0.25, 0.3) is 21.7 Å². The molecule has 0 fully saturated rings. The number of nitrogens with one attached hydrogen (secondary N) is 1. The fraction of sp³-hybridized carbons (Fsp3) is 0.174. The van der Waals surface area contributed by atoms with Crippen LogP contribution in [0.3, 0.4) is 0 Å². The molecule has 0 spiro atoms.